The third-order valence-electron chi connectivity index (χ3n) is 3.40. The quantitative estimate of drug-likeness (QED) is 0.810. The van der Waals surface area contributed by atoms with Gasteiger partial charge in [-0.3, -0.25) is 9.78 Å². The number of para-hydroxylation sites is 1. The lowest BCUT2D eigenvalue weighted by molar-refractivity contribution is 0.0954. The van der Waals surface area contributed by atoms with Crippen LogP contribution in [0.2, 0.25) is 0 Å². The number of nitrogens with one attached hydrogen (secondary N) is 1. The van der Waals surface area contributed by atoms with E-state index >= 15 is 0 Å². The second-order valence-corrected chi connectivity index (χ2v) is 5.14. The first kappa shape index (κ1) is 14.5. The highest BCUT2D eigenvalue weighted by Crippen LogP contribution is 2.18. The van der Waals surface area contributed by atoms with Gasteiger partial charge in [-0.05, 0) is 25.5 Å². The lowest BCUT2D eigenvalue weighted by atomic mass is 10.1. The van der Waals surface area contributed by atoms with Gasteiger partial charge in [0.1, 0.15) is 0 Å². The van der Waals surface area contributed by atoms with E-state index in [1.165, 1.54) is 19.3 Å². The fraction of sp³-hybridized carbons (Fsp3) is 0.412. The minimum Gasteiger partial charge on any atom is -0.352 e. The van der Waals surface area contributed by atoms with Crippen molar-refractivity contribution in [2.75, 3.05) is 6.54 Å². The van der Waals surface area contributed by atoms with Crippen LogP contribution in [-0.4, -0.2) is 17.4 Å². The van der Waals surface area contributed by atoms with Crippen molar-refractivity contribution in [3.8, 4) is 0 Å². The third kappa shape index (κ3) is 3.56. The molecule has 3 nitrogen and oxygen atoms in total. The fourth-order valence-corrected chi connectivity index (χ4v) is 2.34. The highest BCUT2D eigenvalue weighted by molar-refractivity contribution is 6.06. The van der Waals surface area contributed by atoms with Crippen molar-refractivity contribution in [3.05, 3.63) is 41.6 Å². The number of pyridine rings is 1. The van der Waals surface area contributed by atoms with Crippen molar-refractivity contribution in [3.63, 3.8) is 0 Å². The summed E-state index contributed by atoms with van der Waals surface area (Å²) in [4.78, 5) is 16.8. The summed E-state index contributed by atoms with van der Waals surface area (Å²) >= 11 is 0. The van der Waals surface area contributed by atoms with Crippen molar-refractivity contribution in [1.82, 2.24) is 10.3 Å². The first-order valence-electron chi connectivity index (χ1n) is 7.37. The normalized spacial score (nSPS) is 10.7. The molecule has 0 saturated carbocycles. The van der Waals surface area contributed by atoms with E-state index in [0.717, 1.165) is 35.1 Å². The molecule has 1 heterocycles. The number of aryl methyl sites for hydroxylation is 1. The second-order valence-electron chi connectivity index (χ2n) is 5.14. The molecule has 0 fully saturated rings. The zero-order valence-corrected chi connectivity index (χ0v) is 12.3. The lowest BCUT2D eigenvalue weighted by Gasteiger charge is -2.09. The van der Waals surface area contributed by atoms with Crippen LogP contribution in [0.5, 0.6) is 0 Å². The zero-order chi connectivity index (χ0) is 14.4. The molecule has 106 valence electrons. The highest BCUT2D eigenvalue weighted by Gasteiger charge is 2.10. The number of carbonyl (C=O) groups is 1. The predicted octanol–water partition coefficient (Wildman–Crippen LogP) is 3.85. The Morgan fingerprint density at radius 1 is 1.20 bits per heavy atom. The first-order chi connectivity index (χ1) is 9.72. The van der Waals surface area contributed by atoms with Gasteiger partial charge in [0.15, 0.2) is 0 Å². The minimum absolute atomic E-state index is 0.00296. The molecule has 1 amide bonds. The van der Waals surface area contributed by atoms with E-state index in [0.29, 0.717) is 0 Å². The van der Waals surface area contributed by atoms with E-state index in [1.54, 1.807) is 0 Å². The SMILES string of the molecule is CCCCCCNC(=O)c1cc(C)nc2ccccc12. The van der Waals surface area contributed by atoms with Gasteiger partial charge in [-0.2, -0.15) is 0 Å². The van der Waals surface area contributed by atoms with Crippen molar-refractivity contribution in [2.45, 2.75) is 39.5 Å². The summed E-state index contributed by atoms with van der Waals surface area (Å²) in [6, 6.07) is 9.65. The molecule has 0 aliphatic rings. The fourth-order valence-electron chi connectivity index (χ4n) is 2.34. The van der Waals surface area contributed by atoms with Crippen LogP contribution < -0.4 is 5.32 Å². The van der Waals surface area contributed by atoms with Gasteiger partial charge in [-0.1, -0.05) is 44.4 Å². The number of amides is 1. The molecule has 1 N–H and O–H groups in total. The van der Waals surface area contributed by atoms with Gasteiger partial charge < -0.3 is 5.32 Å². The molecule has 0 radical (unpaired) electrons. The number of rotatable bonds is 6. The minimum atomic E-state index is 0.00296. The number of unbranched alkanes of at least 4 members (excludes halogenated alkanes) is 3. The Labute approximate surface area is 120 Å². The molecular formula is C17H22N2O. The molecule has 1 aromatic heterocycles. The van der Waals surface area contributed by atoms with Gasteiger partial charge in [-0.15, -0.1) is 0 Å². The molecule has 20 heavy (non-hydrogen) atoms. The Balaban J connectivity index is 2.09. The Bertz CT molecular complexity index is 593. The molecule has 0 spiro atoms. The first-order valence-corrected chi connectivity index (χ1v) is 7.37. The van der Waals surface area contributed by atoms with E-state index in [1.807, 2.05) is 37.3 Å². The average Bonchev–Trinajstić information content (AvgIpc) is 2.46. The molecular weight excluding hydrogens is 248 g/mol. The summed E-state index contributed by atoms with van der Waals surface area (Å²) in [5.41, 5.74) is 2.48. The number of hydrogen-bond acceptors (Lipinski definition) is 2. The summed E-state index contributed by atoms with van der Waals surface area (Å²) < 4.78 is 0. The molecule has 2 rings (SSSR count). The van der Waals surface area contributed by atoms with Gasteiger partial charge in [-0.25, -0.2) is 0 Å². The van der Waals surface area contributed by atoms with Crippen molar-refractivity contribution in [2.24, 2.45) is 0 Å². The number of carbonyl (C=O) groups excluding carboxylic acids is 1. The Hall–Kier alpha value is -1.90. The summed E-state index contributed by atoms with van der Waals surface area (Å²) in [6.07, 6.45) is 4.66. The van der Waals surface area contributed by atoms with Crippen LogP contribution >= 0.6 is 0 Å². The Morgan fingerprint density at radius 2 is 2.00 bits per heavy atom. The van der Waals surface area contributed by atoms with Crippen molar-refractivity contribution in [1.29, 1.82) is 0 Å². The molecule has 0 aliphatic heterocycles. The maximum atomic E-state index is 12.3. The van der Waals surface area contributed by atoms with E-state index in [2.05, 4.69) is 17.2 Å². The lowest BCUT2D eigenvalue weighted by Crippen LogP contribution is -2.24. The van der Waals surface area contributed by atoms with E-state index in [4.69, 9.17) is 0 Å². The Kier molecular flexibility index (Phi) is 5.10. The van der Waals surface area contributed by atoms with E-state index in [9.17, 15) is 4.79 Å². The molecule has 3 heteroatoms. The number of benzene rings is 1. The highest BCUT2D eigenvalue weighted by atomic mass is 16.1. The van der Waals surface area contributed by atoms with Crippen LogP contribution in [0.25, 0.3) is 10.9 Å². The van der Waals surface area contributed by atoms with Crippen molar-refractivity contribution < 1.29 is 4.79 Å². The summed E-state index contributed by atoms with van der Waals surface area (Å²) in [6.45, 7) is 4.85. The second kappa shape index (κ2) is 7.04. The van der Waals surface area contributed by atoms with Gasteiger partial charge >= 0.3 is 0 Å². The smallest absolute Gasteiger partial charge is 0.252 e. The van der Waals surface area contributed by atoms with Crippen LogP contribution in [0, 0.1) is 6.92 Å². The number of aromatic nitrogens is 1. The van der Waals surface area contributed by atoms with Crippen LogP contribution in [-0.2, 0) is 0 Å². The maximum Gasteiger partial charge on any atom is 0.252 e. The van der Waals surface area contributed by atoms with Crippen LogP contribution in [0.3, 0.4) is 0 Å². The summed E-state index contributed by atoms with van der Waals surface area (Å²) in [5.74, 6) is 0.00296. The molecule has 2 aromatic rings. The maximum absolute atomic E-state index is 12.3. The summed E-state index contributed by atoms with van der Waals surface area (Å²) in [7, 11) is 0. The third-order valence-corrected chi connectivity index (χ3v) is 3.40. The van der Waals surface area contributed by atoms with Gasteiger partial charge in [0.2, 0.25) is 0 Å². The van der Waals surface area contributed by atoms with Gasteiger partial charge in [0.25, 0.3) is 5.91 Å². The Morgan fingerprint density at radius 3 is 2.80 bits per heavy atom. The number of fused-ring (bicyclic) bond motifs is 1. The monoisotopic (exact) mass is 270 g/mol. The zero-order valence-electron chi connectivity index (χ0n) is 12.3. The van der Waals surface area contributed by atoms with E-state index in [-0.39, 0.29) is 5.91 Å². The molecule has 1 aromatic carbocycles. The molecule has 0 aliphatic carbocycles. The predicted molar refractivity (Wildman–Crippen MR) is 83.0 cm³/mol. The van der Waals surface area contributed by atoms with Gasteiger partial charge in [0.05, 0.1) is 11.1 Å². The van der Waals surface area contributed by atoms with Crippen LogP contribution in [0.4, 0.5) is 0 Å². The molecule has 0 atom stereocenters. The average molecular weight is 270 g/mol. The number of hydrogen-bond donors (Lipinski definition) is 1. The topological polar surface area (TPSA) is 42.0 Å². The molecule has 0 bridgehead atoms. The standard InChI is InChI=1S/C17H22N2O/c1-3-4-5-8-11-18-17(20)15-12-13(2)19-16-10-7-6-9-14(15)16/h6-7,9-10,12H,3-5,8,11H2,1-2H3,(H,18,20). The summed E-state index contributed by atoms with van der Waals surface area (Å²) in [5, 5.41) is 3.93. The molecule has 0 unspecified atom stereocenters. The van der Waals surface area contributed by atoms with Crippen molar-refractivity contribution >= 4 is 16.8 Å². The largest absolute Gasteiger partial charge is 0.352 e. The van der Waals surface area contributed by atoms with E-state index < -0.39 is 0 Å². The number of nitrogens with zero attached hydrogens (tertiary/aromatic N) is 1. The van der Waals surface area contributed by atoms with Crippen LogP contribution in [0.1, 0.15) is 48.7 Å². The van der Waals surface area contributed by atoms with Crippen LogP contribution in [0.15, 0.2) is 30.3 Å². The molecule has 0 saturated heterocycles. The van der Waals surface area contributed by atoms with Gasteiger partial charge in [0, 0.05) is 17.6 Å².